The highest BCUT2D eigenvalue weighted by Gasteiger charge is 2.11. The normalized spacial score (nSPS) is 10.1. The lowest BCUT2D eigenvalue weighted by molar-refractivity contribution is 0.102. The molecule has 0 bridgehead atoms. The van der Waals surface area contributed by atoms with E-state index in [4.69, 9.17) is 9.47 Å². The van der Waals surface area contributed by atoms with E-state index in [0.717, 1.165) is 12.1 Å². The number of carbonyl (C=O) groups excluding carboxylic acids is 1. The number of anilines is 1. The molecule has 0 saturated heterocycles. The van der Waals surface area contributed by atoms with E-state index in [0.29, 0.717) is 23.7 Å². The van der Waals surface area contributed by atoms with Crippen molar-refractivity contribution in [2.75, 3.05) is 19.0 Å². The Balaban J connectivity index is 2.15. The third-order valence-electron chi connectivity index (χ3n) is 3.35. The largest absolute Gasteiger partial charge is 0.493 e. The average molecular weight is 299 g/mol. The number of hydrogen-bond acceptors (Lipinski definition) is 3. The van der Waals surface area contributed by atoms with Crippen LogP contribution < -0.4 is 14.8 Å². The van der Waals surface area contributed by atoms with Crippen molar-refractivity contribution < 1.29 is 14.3 Å². The molecule has 2 aromatic carbocycles. The average Bonchev–Trinajstić information content (AvgIpc) is 2.55. The molecule has 2 aromatic rings. The fraction of sp³-hybridized carbons (Fsp3) is 0.278. The minimum absolute atomic E-state index is 0.173. The summed E-state index contributed by atoms with van der Waals surface area (Å²) in [5.41, 5.74) is 2.54. The summed E-state index contributed by atoms with van der Waals surface area (Å²) in [4.78, 5) is 12.3. The monoisotopic (exact) mass is 299 g/mol. The minimum Gasteiger partial charge on any atom is -0.493 e. The fourth-order valence-corrected chi connectivity index (χ4v) is 2.11. The van der Waals surface area contributed by atoms with E-state index in [9.17, 15) is 4.79 Å². The van der Waals surface area contributed by atoms with Crippen molar-refractivity contribution in [3.05, 3.63) is 53.6 Å². The van der Waals surface area contributed by atoms with Gasteiger partial charge in [0.15, 0.2) is 11.5 Å². The second-order valence-electron chi connectivity index (χ2n) is 4.80. The third-order valence-corrected chi connectivity index (χ3v) is 3.35. The molecule has 0 radical (unpaired) electrons. The van der Waals surface area contributed by atoms with Crippen LogP contribution in [0.15, 0.2) is 42.5 Å². The molecule has 116 valence electrons. The molecule has 0 aliphatic rings. The van der Waals surface area contributed by atoms with Crippen LogP contribution in [-0.2, 0) is 6.42 Å². The molecule has 2 rings (SSSR count). The van der Waals surface area contributed by atoms with E-state index < -0.39 is 0 Å². The highest BCUT2D eigenvalue weighted by atomic mass is 16.5. The summed E-state index contributed by atoms with van der Waals surface area (Å²) in [6, 6.07) is 13.0. The van der Waals surface area contributed by atoms with E-state index in [2.05, 4.69) is 12.2 Å². The van der Waals surface area contributed by atoms with Gasteiger partial charge >= 0.3 is 0 Å². The smallest absolute Gasteiger partial charge is 0.255 e. The maximum absolute atomic E-state index is 12.3. The molecule has 1 amide bonds. The first-order valence-electron chi connectivity index (χ1n) is 7.39. The molecule has 4 nitrogen and oxygen atoms in total. The van der Waals surface area contributed by atoms with Crippen LogP contribution in [0.2, 0.25) is 0 Å². The Hall–Kier alpha value is -2.49. The Morgan fingerprint density at radius 3 is 2.36 bits per heavy atom. The lowest BCUT2D eigenvalue weighted by Crippen LogP contribution is -2.12. The van der Waals surface area contributed by atoms with Gasteiger partial charge in [0.2, 0.25) is 0 Å². The summed E-state index contributed by atoms with van der Waals surface area (Å²) in [5.74, 6) is 1.01. The minimum atomic E-state index is -0.173. The lowest BCUT2D eigenvalue weighted by Gasteiger charge is -2.11. The second kappa shape index (κ2) is 7.50. The zero-order valence-electron chi connectivity index (χ0n) is 13.2. The maximum atomic E-state index is 12.3. The molecule has 0 heterocycles. The molecule has 4 heteroatoms. The Labute approximate surface area is 131 Å². The lowest BCUT2D eigenvalue weighted by atomic mass is 10.1. The number of rotatable bonds is 6. The number of benzene rings is 2. The van der Waals surface area contributed by atoms with Gasteiger partial charge in [0.1, 0.15) is 0 Å². The van der Waals surface area contributed by atoms with Gasteiger partial charge in [-0.3, -0.25) is 4.79 Å². The van der Waals surface area contributed by atoms with Crippen molar-refractivity contribution in [3.8, 4) is 11.5 Å². The molecule has 0 fully saturated rings. The number of aryl methyl sites for hydroxylation is 1. The standard InChI is InChI=1S/C18H21NO3/c1-4-13-6-9-15(10-7-13)19-18(20)14-8-11-16(21-3)17(12-14)22-5-2/h6-12H,4-5H2,1-3H3,(H,19,20). The quantitative estimate of drug-likeness (QED) is 0.879. The summed E-state index contributed by atoms with van der Waals surface area (Å²) in [7, 11) is 1.58. The number of amides is 1. The van der Waals surface area contributed by atoms with Gasteiger partial charge in [0.05, 0.1) is 13.7 Å². The van der Waals surface area contributed by atoms with E-state index in [1.165, 1.54) is 5.56 Å². The maximum Gasteiger partial charge on any atom is 0.255 e. The molecule has 1 N–H and O–H groups in total. The van der Waals surface area contributed by atoms with Crippen molar-refractivity contribution in [2.45, 2.75) is 20.3 Å². The molecule has 0 unspecified atom stereocenters. The van der Waals surface area contributed by atoms with Crippen LogP contribution in [0.1, 0.15) is 29.8 Å². The summed E-state index contributed by atoms with van der Waals surface area (Å²) >= 11 is 0. The summed E-state index contributed by atoms with van der Waals surface area (Å²) < 4.78 is 10.7. The molecule has 22 heavy (non-hydrogen) atoms. The zero-order valence-corrected chi connectivity index (χ0v) is 13.2. The molecule has 0 aliphatic heterocycles. The van der Waals surface area contributed by atoms with E-state index in [-0.39, 0.29) is 5.91 Å². The first kappa shape index (κ1) is 15.9. The van der Waals surface area contributed by atoms with Gasteiger partial charge in [-0.2, -0.15) is 0 Å². The first-order chi connectivity index (χ1) is 10.7. The summed E-state index contributed by atoms with van der Waals surface area (Å²) in [6.45, 7) is 4.50. The van der Waals surface area contributed by atoms with Crippen molar-refractivity contribution >= 4 is 11.6 Å². The van der Waals surface area contributed by atoms with Crippen molar-refractivity contribution in [1.82, 2.24) is 0 Å². The molecule has 0 aromatic heterocycles. The fourth-order valence-electron chi connectivity index (χ4n) is 2.11. The van der Waals surface area contributed by atoms with Gasteiger partial charge in [-0.15, -0.1) is 0 Å². The Morgan fingerprint density at radius 1 is 1.05 bits per heavy atom. The second-order valence-corrected chi connectivity index (χ2v) is 4.80. The van der Waals surface area contributed by atoms with Crippen LogP contribution >= 0.6 is 0 Å². The number of nitrogens with one attached hydrogen (secondary N) is 1. The van der Waals surface area contributed by atoms with E-state index >= 15 is 0 Å². The zero-order chi connectivity index (χ0) is 15.9. The van der Waals surface area contributed by atoms with Gasteiger partial charge in [0.25, 0.3) is 5.91 Å². The van der Waals surface area contributed by atoms with Crippen molar-refractivity contribution in [2.24, 2.45) is 0 Å². The van der Waals surface area contributed by atoms with Gasteiger partial charge in [0, 0.05) is 11.3 Å². The summed E-state index contributed by atoms with van der Waals surface area (Å²) in [5, 5.41) is 2.88. The molecule has 0 atom stereocenters. The first-order valence-corrected chi connectivity index (χ1v) is 7.39. The molecular weight excluding hydrogens is 278 g/mol. The van der Waals surface area contributed by atoms with E-state index in [1.54, 1.807) is 25.3 Å². The molecule has 0 spiro atoms. The van der Waals surface area contributed by atoms with Crippen LogP contribution in [0.25, 0.3) is 0 Å². The van der Waals surface area contributed by atoms with Crippen LogP contribution in [0, 0.1) is 0 Å². The number of carbonyl (C=O) groups is 1. The topological polar surface area (TPSA) is 47.6 Å². The van der Waals surface area contributed by atoms with Crippen LogP contribution in [0.4, 0.5) is 5.69 Å². The van der Waals surface area contributed by atoms with Crippen molar-refractivity contribution in [3.63, 3.8) is 0 Å². The summed E-state index contributed by atoms with van der Waals surface area (Å²) in [6.07, 6.45) is 0.977. The highest BCUT2D eigenvalue weighted by Crippen LogP contribution is 2.28. The Bertz CT molecular complexity index is 635. The Morgan fingerprint density at radius 2 is 1.77 bits per heavy atom. The molecule has 0 saturated carbocycles. The van der Waals surface area contributed by atoms with E-state index in [1.807, 2.05) is 31.2 Å². The van der Waals surface area contributed by atoms with Gasteiger partial charge in [-0.25, -0.2) is 0 Å². The number of ether oxygens (including phenoxy) is 2. The van der Waals surface area contributed by atoms with Crippen LogP contribution in [0.5, 0.6) is 11.5 Å². The van der Waals surface area contributed by atoms with Crippen LogP contribution in [0.3, 0.4) is 0 Å². The SMILES string of the molecule is CCOc1cc(C(=O)Nc2ccc(CC)cc2)ccc1OC. The molecular formula is C18H21NO3. The van der Waals surface area contributed by atoms with Gasteiger partial charge in [-0.05, 0) is 49.2 Å². The molecule has 0 aliphatic carbocycles. The number of methoxy groups -OCH3 is 1. The predicted molar refractivity (Wildman–Crippen MR) is 87.9 cm³/mol. The van der Waals surface area contributed by atoms with Crippen molar-refractivity contribution in [1.29, 1.82) is 0 Å². The predicted octanol–water partition coefficient (Wildman–Crippen LogP) is 3.91. The highest BCUT2D eigenvalue weighted by molar-refractivity contribution is 6.04. The number of hydrogen-bond donors (Lipinski definition) is 1. The van der Waals surface area contributed by atoms with Gasteiger partial charge in [-0.1, -0.05) is 19.1 Å². The third kappa shape index (κ3) is 3.79. The Kier molecular flexibility index (Phi) is 5.42. The van der Waals surface area contributed by atoms with Gasteiger partial charge < -0.3 is 14.8 Å². The van der Waals surface area contributed by atoms with Crippen LogP contribution in [-0.4, -0.2) is 19.6 Å².